The molecule has 0 heterocycles. The molecule has 0 spiro atoms. The van der Waals surface area contributed by atoms with Crippen molar-refractivity contribution in [3.8, 4) is 0 Å². The number of carbonyl (C=O) groups excluding carboxylic acids is 1. The highest BCUT2D eigenvalue weighted by molar-refractivity contribution is 6.33. The fourth-order valence-electron chi connectivity index (χ4n) is 1.56. The van der Waals surface area contributed by atoms with Gasteiger partial charge in [0.25, 0.3) is 0 Å². The molecule has 0 radical (unpaired) electrons. The average Bonchev–Trinajstić information content (AvgIpc) is 2.29. The molecule has 6 heteroatoms. The average molecular weight is 303 g/mol. The number of nitrogens with one attached hydrogen (secondary N) is 1. The predicted molar refractivity (Wildman–Crippen MR) is 78.8 cm³/mol. The van der Waals surface area contributed by atoms with Gasteiger partial charge in [-0.15, -0.1) is 0 Å². The summed E-state index contributed by atoms with van der Waals surface area (Å²) in [5.41, 5.74) is 5.45. The molecule has 112 valence electrons. The summed E-state index contributed by atoms with van der Waals surface area (Å²) < 4.78 is 18.9. The van der Waals surface area contributed by atoms with Crippen LogP contribution in [0.25, 0.3) is 0 Å². The zero-order chi connectivity index (χ0) is 15.3. The minimum atomic E-state index is -1.18. The maximum absolute atomic E-state index is 13.8. The number of benzene rings is 1. The molecule has 0 fully saturated rings. The molecule has 0 aliphatic rings. The monoisotopic (exact) mass is 302 g/mol. The highest BCUT2D eigenvalue weighted by Gasteiger charge is 2.18. The summed E-state index contributed by atoms with van der Waals surface area (Å²) in [5.74, 6) is 0. The van der Waals surface area contributed by atoms with E-state index in [1.54, 1.807) is 26.8 Å². The second kappa shape index (κ2) is 6.90. The number of halogens is 2. The SMILES string of the molecule is CC(C)(C)OC(=O)Nc1cc(C(F)CCN)ccc1Cl. The summed E-state index contributed by atoms with van der Waals surface area (Å²) in [4.78, 5) is 11.7. The standard InChI is InChI=1S/C14H20ClFN2O2/c1-14(2,3)20-13(19)18-12-8-9(4-5-10(12)15)11(16)6-7-17/h4-5,8,11H,6-7,17H2,1-3H3,(H,18,19). The Hall–Kier alpha value is -1.33. The van der Waals surface area contributed by atoms with E-state index in [0.717, 1.165) is 0 Å². The third-order valence-corrected chi connectivity index (χ3v) is 2.74. The Morgan fingerprint density at radius 1 is 1.50 bits per heavy atom. The van der Waals surface area contributed by atoms with Crippen LogP contribution in [-0.2, 0) is 4.74 Å². The van der Waals surface area contributed by atoms with Crippen LogP contribution in [0.2, 0.25) is 5.02 Å². The number of carbonyl (C=O) groups is 1. The van der Waals surface area contributed by atoms with E-state index in [2.05, 4.69) is 5.32 Å². The number of nitrogens with two attached hydrogens (primary N) is 1. The van der Waals surface area contributed by atoms with Crippen molar-refractivity contribution >= 4 is 23.4 Å². The van der Waals surface area contributed by atoms with Gasteiger partial charge in [-0.25, -0.2) is 9.18 Å². The van der Waals surface area contributed by atoms with Gasteiger partial charge in [0.1, 0.15) is 11.8 Å². The maximum atomic E-state index is 13.8. The third-order valence-electron chi connectivity index (χ3n) is 2.41. The van der Waals surface area contributed by atoms with Crippen LogP contribution >= 0.6 is 11.6 Å². The molecule has 1 rings (SSSR count). The zero-order valence-electron chi connectivity index (χ0n) is 11.9. The smallest absolute Gasteiger partial charge is 0.412 e. The van der Waals surface area contributed by atoms with Gasteiger partial charge >= 0.3 is 6.09 Å². The third kappa shape index (κ3) is 5.35. The van der Waals surface area contributed by atoms with Gasteiger partial charge in [0.05, 0.1) is 10.7 Å². The quantitative estimate of drug-likeness (QED) is 0.882. The van der Waals surface area contributed by atoms with Gasteiger partial charge in [0.15, 0.2) is 0 Å². The van der Waals surface area contributed by atoms with Crippen molar-refractivity contribution < 1.29 is 13.9 Å². The van der Waals surface area contributed by atoms with E-state index in [0.29, 0.717) is 16.3 Å². The first-order chi connectivity index (χ1) is 9.23. The van der Waals surface area contributed by atoms with Gasteiger partial charge < -0.3 is 10.5 Å². The van der Waals surface area contributed by atoms with Crippen molar-refractivity contribution in [3.63, 3.8) is 0 Å². The van der Waals surface area contributed by atoms with E-state index < -0.39 is 17.9 Å². The number of hydrogen-bond donors (Lipinski definition) is 2. The summed E-state index contributed by atoms with van der Waals surface area (Å²) in [6.45, 7) is 5.51. The first kappa shape index (κ1) is 16.7. The van der Waals surface area contributed by atoms with E-state index in [9.17, 15) is 9.18 Å². The lowest BCUT2D eigenvalue weighted by Crippen LogP contribution is -2.27. The lowest BCUT2D eigenvalue weighted by Gasteiger charge is -2.20. The molecule has 20 heavy (non-hydrogen) atoms. The Kier molecular flexibility index (Phi) is 5.77. The minimum absolute atomic E-state index is 0.216. The van der Waals surface area contributed by atoms with E-state index in [-0.39, 0.29) is 13.0 Å². The molecule has 4 nitrogen and oxygen atoms in total. The van der Waals surface area contributed by atoms with Crippen molar-refractivity contribution in [2.75, 3.05) is 11.9 Å². The molecule has 1 unspecified atom stereocenters. The second-order valence-corrected chi connectivity index (χ2v) is 5.82. The van der Waals surface area contributed by atoms with Gasteiger partial charge in [-0.3, -0.25) is 5.32 Å². The molecular formula is C14H20ClFN2O2. The fourth-order valence-corrected chi connectivity index (χ4v) is 1.72. The van der Waals surface area contributed by atoms with E-state index in [1.165, 1.54) is 12.1 Å². The fraction of sp³-hybridized carbons (Fsp3) is 0.500. The van der Waals surface area contributed by atoms with Gasteiger partial charge in [-0.2, -0.15) is 0 Å². The summed E-state index contributed by atoms with van der Waals surface area (Å²) in [7, 11) is 0. The number of alkyl halides is 1. The number of anilines is 1. The van der Waals surface area contributed by atoms with Crippen molar-refractivity contribution in [1.82, 2.24) is 0 Å². The summed E-state index contributed by atoms with van der Waals surface area (Å²) in [5, 5.41) is 2.83. The largest absolute Gasteiger partial charge is 0.444 e. The topological polar surface area (TPSA) is 64.3 Å². The van der Waals surface area contributed by atoms with Crippen LogP contribution in [0.3, 0.4) is 0 Å². The Morgan fingerprint density at radius 2 is 2.15 bits per heavy atom. The predicted octanol–water partition coefficient (Wildman–Crippen LogP) is 4.05. The Morgan fingerprint density at radius 3 is 2.70 bits per heavy atom. The Balaban J connectivity index is 2.84. The van der Waals surface area contributed by atoms with E-state index in [1.807, 2.05) is 0 Å². The van der Waals surface area contributed by atoms with Crippen molar-refractivity contribution in [2.45, 2.75) is 39.0 Å². The van der Waals surface area contributed by atoms with Crippen molar-refractivity contribution in [2.24, 2.45) is 5.73 Å². The van der Waals surface area contributed by atoms with Crippen LogP contribution in [0.1, 0.15) is 38.9 Å². The minimum Gasteiger partial charge on any atom is -0.444 e. The van der Waals surface area contributed by atoms with Crippen LogP contribution < -0.4 is 11.1 Å². The lowest BCUT2D eigenvalue weighted by molar-refractivity contribution is 0.0636. The number of rotatable bonds is 4. The maximum Gasteiger partial charge on any atom is 0.412 e. The number of ether oxygens (including phenoxy) is 1. The van der Waals surface area contributed by atoms with Crippen LogP contribution in [-0.4, -0.2) is 18.2 Å². The van der Waals surface area contributed by atoms with Crippen LogP contribution in [0.5, 0.6) is 0 Å². The van der Waals surface area contributed by atoms with Crippen LogP contribution in [0.4, 0.5) is 14.9 Å². The molecule has 0 bridgehead atoms. The second-order valence-electron chi connectivity index (χ2n) is 5.41. The molecule has 0 aliphatic heterocycles. The number of hydrogen-bond acceptors (Lipinski definition) is 3. The van der Waals surface area contributed by atoms with Crippen molar-refractivity contribution in [1.29, 1.82) is 0 Å². The van der Waals surface area contributed by atoms with Crippen LogP contribution in [0, 0.1) is 0 Å². The summed E-state index contributed by atoms with van der Waals surface area (Å²) in [6, 6.07) is 4.60. The molecule has 1 atom stereocenters. The van der Waals surface area contributed by atoms with E-state index >= 15 is 0 Å². The van der Waals surface area contributed by atoms with Crippen molar-refractivity contribution in [3.05, 3.63) is 28.8 Å². The molecule has 1 amide bonds. The molecular weight excluding hydrogens is 283 g/mol. The molecule has 0 aromatic heterocycles. The number of amides is 1. The first-order valence-electron chi connectivity index (χ1n) is 6.36. The first-order valence-corrected chi connectivity index (χ1v) is 6.74. The van der Waals surface area contributed by atoms with Gasteiger partial charge in [-0.1, -0.05) is 17.7 Å². The Labute approximate surface area is 123 Å². The van der Waals surface area contributed by atoms with Gasteiger partial charge in [-0.05, 0) is 51.4 Å². The van der Waals surface area contributed by atoms with Gasteiger partial charge in [0.2, 0.25) is 0 Å². The normalized spacial score (nSPS) is 12.9. The summed E-state index contributed by atoms with van der Waals surface area (Å²) >= 11 is 5.98. The lowest BCUT2D eigenvalue weighted by atomic mass is 10.1. The van der Waals surface area contributed by atoms with Crippen LogP contribution in [0.15, 0.2) is 18.2 Å². The molecule has 1 aromatic rings. The summed E-state index contributed by atoms with van der Waals surface area (Å²) in [6.07, 6.45) is -1.60. The Bertz CT molecular complexity index is 475. The molecule has 3 N–H and O–H groups in total. The van der Waals surface area contributed by atoms with Gasteiger partial charge in [0, 0.05) is 0 Å². The molecule has 1 aromatic carbocycles. The zero-order valence-corrected chi connectivity index (χ0v) is 12.6. The van der Waals surface area contributed by atoms with E-state index in [4.69, 9.17) is 22.1 Å². The highest BCUT2D eigenvalue weighted by atomic mass is 35.5. The highest BCUT2D eigenvalue weighted by Crippen LogP contribution is 2.29. The molecule has 0 saturated carbocycles. The molecule has 0 aliphatic carbocycles. The molecule has 0 saturated heterocycles.